The Balaban J connectivity index is 2.57. The van der Waals surface area contributed by atoms with Crippen molar-refractivity contribution in [3.8, 4) is 0 Å². The van der Waals surface area contributed by atoms with E-state index in [0.717, 1.165) is 12.5 Å². The highest BCUT2D eigenvalue weighted by Crippen LogP contribution is 2.33. The molecule has 4 nitrogen and oxygen atoms in total. The molecule has 0 bridgehead atoms. The van der Waals surface area contributed by atoms with Gasteiger partial charge >= 0.3 is 0 Å². The van der Waals surface area contributed by atoms with Gasteiger partial charge in [-0.1, -0.05) is 6.92 Å². The molecule has 1 aromatic carbocycles. The van der Waals surface area contributed by atoms with Gasteiger partial charge in [-0.25, -0.2) is 17.2 Å². The van der Waals surface area contributed by atoms with E-state index in [2.05, 4.69) is 15.9 Å². The number of hydrogen-bond donors (Lipinski definition) is 0. The van der Waals surface area contributed by atoms with Gasteiger partial charge in [-0.05, 0) is 34.3 Å². The van der Waals surface area contributed by atoms with Gasteiger partial charge in [-0.3, -0.25) is 4.79 Å². The monoisotopic (exact) mass is 401 g/mol. The molecule has 0 saturated carbocycles. The number of carbonyl (C=O) groups excluding carboxylic acids is 1. The van der Waals surface area contributed by atoms with E-state index in [4.69, 9.17) is 10.7 Å². The number of halogens is 4. The molecule has 9 heteroatoms. The third kappa shape index (κ3) is 3.22. The summed E-state index contributed by atoms with van der Waals surface area (Å²) in [4.78, 5) is 12.6. The molecule has 1 fully saturated rings. The van der Waals surface area contributed by atoms with Crippen molar-refractivity contribution in [3.63, 3.8) is 0 Å². The summed E-state index contributed by atoms with van der Waals surface area (Å²) in [5.41, 5.74) is -0.897. The number of amides is 1. The Labute approximate surface area is 133 Å². The van der Waals surface area contributed by atoms with Crippen molar-refractivity contribution in [2.45, 2.75) is 18.2 Å². The smallest absolute Gasteiger partial charge is 0.265 e. The third-order valence-corrected chi connectivity index (χ3v) is 5.53. The summed E-state index contributed by atoms with van der Waals surface area (Å²) < 4.78 is 50.6. The molecule has 1 heterocycles. The van der Waals surface area contributed by atoms with Crippen LogP contribution in [-0.4, -0.2) is 32.3 Å². The van der Waals surface area contributed by atoms with Crippen LogP contribution in [0.5, 0.6) is 0 Å². The van der Waals surface area contributed by atoms with Crippen molar-refractivity contribution in [2.75, 3.05) is 13.1 Å². The van der Waals surface area contributed by atoms with E-state index >= 15 is 0 Å². The van der Waals surface area contributed by atoms with Gasteiger partial charge in [0.1, 0.15) is 16.3 Å². The van der Waals surface area contributed by atoms with E-state index in [9.17, 15) is 22.0 Å². The number of likely N-dealkylation sites (tertiary alicyclic amines) is 1. The Hall–Kier alpha value is -0.730. The first kappa shape index (κ1) is 16.6. The van der Waals surface area contributed by atoms with E-state index in [1.54, 1.807) is 0 Å². The van der Waals surface area contributed by atoms with Crippen LogP contribution >= 0.6 is 26.6 Å². The molecule has 1 amide bonds. The van der Waals surface area contributed by atoms with Crippen molar-refractivity contribution < 1.29 is 22.0 Å². The summed E-state index contributed by atoms with van der Waals surface area (Å²) in [6, 6.07) is 0.727. The summed E-state index contributed by atoms with van der Waals surface area (Å²) in [6.45, 7) is 2.66. The lowest BCUT2D eigenvalue weighted by Crippen LogP contribution is -2.30. The summed E-state index contributed by atoms with van der Waals surface area (Å²) in [5.74, 6) is -3.25. The second-order valence-corrected chi connectivity index (χ2v) is 8.30. The summed E-state index contributed by atoms with van der Waals surface area (Å²) in [7, 11) is 0.678. The lowest BCUT2D eigenvalue weighted by Gasteiger charge is -2.17. The molecule has 1 aliphatic heterocycles. The van der Waals surface area contributed by atoms with Gasteiger partial charge in [0.15, 0.2) is 5.82 Å². The molecule has 1 unspecified atom stereocenters. The van der Waals surface area contributed by atoms with Crippen LogP contribution in [0.25, 0.3) is 0 Å². The molecule has 116 valence electrons. The minimum atomic E-state index is -4.46. The van der Waals surface area contributed by atoms with Crippen LogP contribution < -0.4 is 0 Å². The van der Waals surface area contributed by atoms with E-state index in [1.807, 2.05) is 6.92 Å². The van der Waals surface area contributed by atoms with Crippen LogP contribution in [0.15, 0.2) is 15.4 Å². The van der Waals surface area contributed by atoms with E-state index in [-0.39, 0.29) is 10.4 Å². The predicted octanol–water partition coefficient (Wildman–Crippen LogP) is 3.14. The van der Waals surface area contributed by atoms with Gasteiger partial charge in [0.2, 0.25) is 0 Å². The standard InChI is InChI=1S/C12H11BrClF2NO3S/c1-6-2-3-17(5-6)12(18)9-8(15)4-7(13)11(10(9)16)21(14,19)20/h4,6H,2-3,5H2,1H3. The molecule has 1 aromatic rings. The molecule has 1 atom stereocenters. The highest BCUT2D eigenvalue weighted by molar-refractivity contribution is 9.10. The topological polar surface area (TPSA) is 54.5 Å². The first-order chi connectivity index (χ1) is 9.62. The van der Waals surface area contributed by atoms with Crippen molar-refractivity contribution >= 4 is 41.6 Å². The van der Waals surface area contributed by atoms with Crippen molar-refractivity contribution in [2.24, 2.45) is 5.92 Å². The van der Waals surface area contributed by atoms with Gasteiger partial charge in [-0.15, -0.1) is 0 Å². The van der Waals surface area contributed by atoms with Crippen molar-refractivity contribution in [3.05, 3.63) is 27.7 Å². The summed E-state index contributed by atoms with van der Waals surface area (Å²) in [5, 5.41) is 0. The van der Waals surface area contributed by atoms with Gasteiger partial charge in [-0.2, -0.15) is 0 Å². The minimum Gasteiger partial charge on any atom is -0.338 e. The number of carbonyl (C=O) groups is 1. The fourth-order valence-corrected chi connectivity index (χ4v) is 4.62. The largest absolute Gasteiger partial charge is 0.338 e. The number of hydrogen-bond acceptors (Lipinski definition) is 3. The van der Waals surface area contributed by atoms with Crippen molar-refractivity contribution in [1.29, 1.82) is 0 Å². The van der Waals surface area contributed by atoms with Crippen molar-refractivity contribution in [1.82, 2.24) is 4.90 Å². The molecule has 1 aliphatic rings. The Morgan fingerprint density at radius 3 is 2.57 bits per heavy atom. The molecular weight excluding hydrogens is 392 g/mol. The van der Waals surface area contributed by atoms with E-state index in [1.165, 1.54) is 4.90 Å². The first-order valence-corrected chi connectivity index (χ1v) is 9.14. The molecule has 21 heavy (non-hydrogen) atoms. The van der Waals surface area contributed by atoms with Gasteiger partial charge in [0, 0.05) is 28.2 Å². The molecule has 0 radical (unpaired) electrons. The average Bonchev–Trinajstić information content (AvgIpc) is 2.72. The Morgan fingerprint density at radius 1 is 1.48 bits per heavy atom. The molecule has 0 N–H and O–H groups in total. The Kier molecular flexibility index (Phi) is 4.60. The average molecular weight is 403 g/mol. The Bertz CT molecular complexity index is 711. The van der Waals surface area contributed by atoms with E-state index in [0.29, 0.717) is 13.1 Å². The van der Waals surface area contributed by atoms with Crippen LogP contribution in [0.2, 0.25) is 0 Å². The highest BCUT2D eigenvalue weighted by Gasteiger charge is 2.33. The Morgan fingerprint density at radius 2 is 2.10 bits per heavy atom. The molecule has 0 aromatic heterocycles. The van der Waals surface area contributed by atoms with Crippen LogP contribution in [0, 0.1) is 17.6 Å². The second kappa shape index (κ2) is 5.81. The fraction of sp³-hybridized carbons (Fsp3) is 0.417. The van der Waals surface area contributed by atoms with Gasteiger partial charge < -0.3 is 4.90 Å². The van der Waals surface area contributed by atoms with E-state index < -0.39 is 37.1 Å². The highest BCUT2D eigenvalue weighted by atomic mass is 79.9. The summed E-state index contributed by atoms with van der Waals surface area (Å²) in [6.07, 6.45) is 0.728. The maximum absolute atomic E-state index is 14.3. The van der Waals surface area contributed by atoms with Gasteiger partial charge in [0.05, 0.1) is 0 Å². The predicted molar refractivity (Wildman–Crippen MR) is 76.8 cm³/mol. The zero-order valence-corrected chi connectivity index (χ0v) is 14.0. The zero-order chi connectivity index (χ0) is 15.9. The molecular formula is C12H11BrClF2NO3S. The number of nitrogens with zero attached hydrogens (tertiary/aromatic N) is 1. The zero-order valence-electron chi connectivity index (χ0n) is 10.9. The quantitative estimate of drug-likeness (QED) is 0.714. The number of benzene rings is 1. The lowest BCUT2D eigenvalue weighted by molar-refractivity contribution is 0.0777. The van der Waals surface area contributed by atoms with Crippen LogP contribution in [0.3, 0.4) is 0 Å². The summed E-state index contributed by atoms with van der Waals surface area (Å²) >= 11 is 2.74. The van der Waals surface area contributed by atoms with Crippen LogP contribution in [0.4, 0.5) is 8.78 Å². The van der Waals surface area contributed by atoms with Crippen LogP contribution in [0.1, 0.15) is 23.7 Å². The minimum absolute atomic E-state index is 0.228. The number of rotatable bonds is 2. The maximum Gasteiger partial charge on any atom is 0.265 e. The molecule has 0 spiro atoms. The van der Waals surface area contributed by atoms with Crippen LogP contribution in [-0.2, 0) is 9.05 Å². The fourth-order valence-electron chi connectivity index (χ4n) is 2.27. The third-order valence-electron chi connectivity index (χ3n) is 3.30. The maximum atomic E-state index is 14.3. The van der Waals surface area contributed by atoms with Gasteiger partial charge in [0.25, 0.3) is 15.0 Å². The second-order valence-electron chi connectivity index (χ2n) is 4.94. The normalized spacial score (nSPS) is 19.1. The molecule has 1 saturated heterocycles. The first-order valence-electron chi connectivity index (χ1n) is 6.04. The molecule has 2 rings (SSSR count). The lowest BCUT2D eigenvalue weighted by atomic mass is 10.1. The SMILES string of the molecule is CC1CCN(C(=O)c2c(F)cc(Br)c(S(=O)(=O)Cl)c2F)C1. The molecule has 0 aliphatic carbocycles.